The topological polar surface area (TPSA) is 132 Å². The molecule has 4 amide bonds. The average molecular weight is 521 g/mol. The number of carbonyl (C=O) groups excluding carboxylic acids is 4. The first-order valence-electron chi connectivity index (χ1n) is 11.6. The minimum absolute atomic E-state index is 0.0380. The maximum Gasteiger partial charge on any atom is 0.407 e. The molecule has 2 aromatic rings. The van der Waals surface area contributed by atoms with E-state index in [1.165, 1.54) is 27.9 Å². The van der Waals surface area contributed by atoms with Crippen LogP contribution in [0, 0.1) is 5.82 Å². The molecular formula is C23H22F3N5O6. The number of alkyl carbamates (subject to hydrolysis) is 1. The Morgan fingerprint density at radius 1 is 1.22 bits per heavy atom. The summed E-state index contributed by atoms with van der Waals surface area (Å²) in [6.45, 7) is -3.19. The number of alkyl halides is 2. The Kier molecular flexibility index (Phi) is 6.48. The lowest BCUT2D eigenvalue weighted by molar-refractivity contribution is -0.136. The Bertz CT molecular complexity index is 1260. The molecule has 14 heteroatoms. The minimum Gasteiger partial charge on any atom is -0.446 e. The van der Waals surface area contributed by atoms with Gasteiger partial charge in [0, 0.05) is 44.0 Å². The maximum absolute atomic E-state index is 15.2. The summed E-state index contributed by atoms with van der Waals surface area (Å²) in [6.07, 6.45) is 0.976. The van der Waals surface area contributed by atoms with Crippen LogP contribution in [0.15, 0.2) is 24.4 Å². The number of piperidine rings is 1. The van der Waals surface area contributed by atoms with Gasteiger partial charge in [-0.15, -0.1) is 0 Å². The lowest BCUT2D eigenvalue weighted by atomic mass is 9.89. The van der Waals surface area contributed by atoms with Crippen molar-refractivity contribution in [3.63, 3.8) is 0 Å². The molecule has 1 aliphatic carbocycles. The lowest BCUT2D eigenvalue weighted by Gasteiger charge is -2.35. The van der Waals surface area contributed by atoms with Crippen molar-refractivity contribution in [2.75, 3.05) is 0 Å². The number of hydrogen-bond donors (Lipinski definition) is 2. The molecule has 0 spiro atoms. The number of aromatic nitrogens is 2. The van der Waals surface area contributed by atoms with Gasteiger partial charge in [-0.25, -0.2) is 13.9 Å². The van der Waals surface area contributed by atoms with Crippen molar-refractivity contribution in [2.45, 2.75) is 63.6 Å². The lowest BCUT2D eigenvalue weighted by Crippen LogP contribution is -2.52. The van der Waals surface area contributed by atoms with Gasteiger partial charge in [0.2, 0.25) is 17.7 Å². The second-order valence-corrected chi connectivity index (χ2v) is 8.97. The number of imide groups is 1. The molecule has 1 aromatic heterocycles. The summed E-state index contributed by atoms with van der Waals surface area (Å²) in [5, 5.41) is 8.59. The summed E-state index contributed by atoms with van der Waals surface area (Å²) < 4.78 is 51.1. The van der Waals surface area contributed by atoms with Crippen LogP contribution in [0.1, 0.15) is 53.2 Å². The molecule has 0 radical (unpaired) electrons. The first-order chi connectivity index (χ1) is 17.7. The van der Waals surface area contributed by atoms with Gasteiger partial charge in [0.15, 0.2) is 0 Å². The summed E-state index contributed by atoms with van der Waals surface area (Å²) >= 11 is 0. The minimum atomic E-state index is -2.98. The zero-order valence-electron chi connectivity index (χ0n) is 19.3. The summed E-state index contributed by atoms with van der Waals surface area (Å²) in [5.74, 6) is -2.54. The van der Waals surface area contributed by atoms with Gasteiger partial charge >= 0.3 is 12.7 Å². The van der Waals surface area contributed by atoms with Crippen LogP contribution >= 0.6 is 0 Å². The van der Waals surface area contributed by atoms with E-state index in [2.05, 4.69) is 20.5 Å². The van der Waals surface area contributed by atoms with Crippen molar-refractivity contribution in [3.05, 3.63) is 46.9 Å². The molecule has 2 N–H and O–H groups in total. The number of carbonyl (C=O) groups is 4. The van der Waals surface area contributed by atoms with E-state index in [0.29, 0.717) is 18.4 Å². The van der Waals surface area contributed by atoms with Crippen LogP contribution in [0.3, 0.4) is 0 Å². The van der Waals surface area contributed by atoms with E-state index in [1.807, 2.05) is 0 Å². The van der Waals surface area contributed by atoms with Crippen LogP contribution in [0.4, 0.5) is 18.0 Å². The normalized spacial score (nSPS) is 23.0. The standard InChI is InChI=1S/C23H22F3N5O6/c24-19-11(1-2-12-10-30(21(34)18(12)19)15-3-4-16(32)29-20(15)33)9-27-23(35)36-14-7-13(8-14)31-17(5-6-28-31)37-22(25)26/h1-2,5-6,13-15,22H,3-4,7-10H2,(H,27,35)(H,29,32,33)/t13?,14?,15-/m1/s1. The molecule has 1 atom stereocenters. The third-order valence-electron chi connectivity index (χ3n) is 6.67. The van der Waals surface area contributed by atoms with Gasteiger partial charge in [0.1, 0.15) is 18.0 Å². The quantitative estimate of drug-likeness (QED) is 0.533. The molecule has 1 saturated carbocycles. The van der Waals surface area contributed by atoms with Crippen LogP contribution in [-0.2, 0) is 27.4 Å². The van der Waals surface area contributed by atoms with E-state index < -0.39 is 48.4 Å². The summed E-state index contributed by atoms with van der Waals surface area (Å²) in [5.41, 5.74) is 0.305. The monoisotopic (exact) mass is 521 g/mol. The van der Waals surface area contributed by atoms with Crippen molar-refractivity contribution < 1.29 is 41.8 Å². The predicted octanol–water partition coefficient (Wildman–Crippen LogP) is 2.01. The fourth-order valence-electron chi connectivity index (χ4n) is 4.74. The van der Waals surface area contributed by atoms with Crippen molar-refractivity contribution in [2.24, 2.45) is 0 Å². The first-order valence-corrected chi connectivity index (χ1v) is 11.6. The Labute approximate surface area is 207 Å². The van der Waals surface area contributed by atoms with E-state index in [4.69, 9.17) is 4.74 Å². The van der Waals surface area contributed by atoms with Crippen LogP contribution in [-0.4, -0.2) is 57.3 Å². The van der Waals surface area contributed by atoms with Gasteiger partial charge < -0.3 is 19.7 Å². The average Bonchev–Trinajstić information content (AvgIpc) is 3.39. The smallest absolute Gasteiger partial charge is 0.407 e. The van der Waals surface area contributed by atoms with Gasteiger partial charge in [-0.1, -0.05) is 12.1 Å². The van der Waals surface area contributed by atoms with Crippen molar-refractivity contribution >= 4 is 23.8 Å². The number of benzene rings is 1. The molecule has 2 aliphatic heterocycles. The first kappa shape index (κ1) is 24.6. The molecule has 3 aliphatic rings. The number of halogens is 3. The van der Waals surface area contributed by atoms with E-state index in [0.717, 1.165) is 0 Å². The molecule has 37 heavy (non-hydrogen) atoms. The Morgan fingerprint density at radius 3 is 2.73 bits per heavy atom. The highest BCUT2D eigenvalue weighted by atomic mass is 19.3. The number of ether oxygens (including phenoxy) is 2. The van der Waals surface area contributed by atoms with E-state index in [1.54, 1.807) is 6.07 Å². The maximum atomic E-state index is 15.2. The number of fused-ring (bicyclic) bond motifs is 1. The molecule has 0 unspecified atom stereocenters. The molecule has 0 bridgehead atoms. The second-order valence-electron chi connectivity index (χ2n) is 8.97. The summed E-state index contributed by atoms with van der Waals surface area (Å²) in [4.78, 5) is 49.9. The van der Waals surface area contributed by atoms with Gasteiger partial charge in [0.25, 0.3) is 5.91 Å². The largest absolute Gasteiger partial charge is 0.446 e. The van der Waals surface area contributed by atoms with Crippen molar-refractivity contribution in [3.8, 4) is 5.88 Å². The van der Waals surface area contributed by atoms with Gasteiger partial charge in [0.05, 0.1) is 17.8 Å². The molecular weight excluding hydrogens is 499 g/mol. The zero-order valence-corrected chi connectivity index (χ0v) is 19.3. The molecule has 11 nitrogen and oxygen atoms in total. The van der Waals surface area contributed by atoms with Gasteiger partial charge in [-0.3, -0.25) is 19.7 Å². The Morgan fingerprint density at radius 2 is 2.00 bits per heavy atom. The molecule has 1 aromatic carbocycles. The zero-order chi connectivity index (χ0) is 26.3. The summed E-state index contributed by atoms with van der Waals surface area (Å²) in [7, 11) is 0. The number of amides is 4. The van der Waals surface area contributed by atoms with Crippen LogP contribution in [0.25, 0.3) is 0 Å². The fourth-order valence-corrected chi connectivity index (χ4v) is 4.74. The highest BCUT2D eigenvalue weighted by molar-refractivity contribution is 6.05. The van der Waals surface area contributed by atoms with E-state index in [9.17, 15) is 28.0 Å². The SMILES string of the molecule is O=C1CC[C@@H](N2Cc3ccc(CNC(=O)OC4CC(n5nccc5OC(F)F)C4)c(F)c3C2=O)C(=O)N1. The van der Waals surface area contributed by atoms with Gasteiger partial charge in [-0.05, 0) is 12.0 Å². The third-order valence-corrected chi connectivity index (χ3v) is 6.67. The second kappa shape index (κ2) is 9.75. The number of nitrogens with zero attached hydrogens (tertiary/aromatic N) is 3. The molecule has 1 saturated heterocycles. The highest BCUT2D eigenvalue weighted by Crippen LogP contribution is 2.37. The highest BCUT2D eigenvalue weighted by Gasteiger charge is 2.41. The number of rotatable bonds is 7. The van der Waals surface area contributed by atoms with E-state index >= 15 is 4.39 Å². The van der Waals surface area contributed by atoms with Gasteiger partial charge in [-0.2, -0.15) is 13.9 Å². The predicted molar refractivity (Wildman–Crippen MR) is 117 cm³/mol. The molecule has 3 heterocycles. The Hall–Kier alpha value is -4.10. The molecule has 2 fully saturated rings. The molecule has 5 rings (SSSR count). The number of nitrogens with one attached hydrogen (secondary N) is 2. The van der Waals surface area contributed by atoms with Crippen LogP contribution in [0.5, 0.6) is 5.88 Å². The Balaban J connectivity index is 1.14. The summed E-state index contributed by atoms with van der Waals surface area (Å²) in [6, 6.07) is 3.18. The van der Waals surface area contributed by atoms with Crippen molar-refractivity contribution in [1.29, 1.82) is 0 Å². The van der Waals surface area contributed by atoms with E-state index in [-0.39, 0.29) is 49.0 Å². The van der Waals surface area contributed by atoms with Crippen molar-refractivity contribution in [1.82, 2.24) is 25.3 Å². The molecule has 196 valence electrons. The number of hydrogen-bond acceptors (Lipinski definition) is 7. The van der Waals surface area contributed by atoms with Crippen LogP contribution < -0.4 is 15.4 Å². The van der Waals surface area contributed by atoms with Crippen LogP contribution in [0.2, 0.25) is 0 Å². The third kappa shape index (κ3) is 4.82. The fraction of sp³-hybridized carbons (Fsp3) is 0.435.